The first-order chi connectivity index (χ1) is 13.2. The molecule has 0 spiro atoms. The van der Waals surface area contributed by atoms with E-state index in [1.54, 1.807) is 29.7 Å². The lowest BCUT2D eigenvalue weighted by atomic mass is 10.2. The molecular formula is C21H18FN3OS. The number of carbonyl (C=O) groups excluding carboxylic acids is 1. The lowest BCUT2D eigenvalue weighted by Gasteiger charge is -2.11. The van der Waals surface area contributed by atoms with E-state index in [1.165, 1.54) is 12.1 Å². The Hall–Kier alpha value is -2.99. The highest BCUT2D eigenvalue weighted by molar-refractivity contribution is 7.16. The Labute approximate surface area is 160 Å². The quantitative estimate of drug-likeness (QED) is 0.544. The van der Waals surface area contributed by atoms with Crippen molar-refractivity contribution >= 4 is 27.5 Å². The number of halogens is 1. The van der Waals surface area contributed by atoms with Crippen LogP contribution in [-0.4, -0.2) is 22.0 Å². The molecule has 6 heteroatoms. The van der Waals surface area contributed by atoms with Crippen LogP contribution in [0.2, 0.25) is 0 Å². The summed E-state index contributed by atoms with van der Waals surface area (Å²) in [5, 5.41) is 6.03. The molecule has 4 rings (SSSR count). The minimum Gasteiger partial charge on any atom is -0.350 e. The molecule has 0 saturated carbocycles. The van der Waals surface area contributed by atoms with Crippen LogP contribution in [0.1, 0.15) is 21.7 Å². The topological polar surface area (TPSA) is 46.9 Å². The number of nitrogens with one attached hydrogen (secondary N) is 1. The molecule has 0 aliphatic rings. The Kier molecular flexibility index (Phi) is 4.98. The van der Waals surface area contributed by atoms with Crippen LogP contribution < -0.4 is 5.32 Å². The molecule has 3 heterocycles. The van der Waals surface area contributed by atoms with Gasteiger partial charge in [-0.05, 0) is 47.3 Å². The van der Waals surface area contributed by atoms with Crippen LogP contribution in [0.5, 0.6) is 0 Å². The van der Waals surface area contributed by atoms with E-state index < -0.39 is 0 Å². The van der Waals surface area contributed by atoms with Crippen LogP contribution >= 0.6 is 11.3 Å². The van der Waals surface area contributed by atoms with Crippen LogP contribution in [0.3, 0.4) is 0 Å². The third kappa shape index (κ3) is 3.90. The second-order valence-corrected chi connectivity index (χ2v) is 7.14. The largest absolute Gasteiger partial charge is 0.350 e. The molecule has 0 aliphatic carbocycles. The van der Waals surface area contributed by atoms with Crippen LogP contribution in [0.25, 0.3) is 10.2 Å². The summed E-state index contributed by atoms with van der Waals surface area (Å²) in [4.78, 5) is 18.1. The van der Waals surface area contributed by atoms with Crippen LogP contribution in [0, 0.1) is 5.82 Å². The molecule has 1 aromatic carbocycles. The third-order valence-electron chi connectivity index (χ3n) is 4.38. The summed E-state index contributed by atoms with van der Waals surface area (Å²) in [6.45, 7) is 1.04. The Morgan fingerprint density at radius 3 is 2.78 bits per heavy atom. The van der Waals surface area contributed by atoms with Crippen LogP contribution in [-0.2, 0) is 13.0 Å². The smallest absolute Gasteiger partial charge is 0.267 e. The monoisotopic (exact) mass is 379 g/mol. The third-order valence-corrected chi connectivity index (χ3v) is 5.33. The average molecular weight is 379 g/mol. The molecule has 0 fully saturated rings. The lowest BCUT2D eigenvalue weighted by molar-refractivity contribution is 0.0945. The summed E-state index contributed by atoms with van der Waals surface area (Å²) < 4.78 is 15.2. The highest BCUT2D eigenvalue weighted by atomic mass is 32.1. The van der Waals surface area contributed by atoms with E-state index >= 15 is 0 Å². The Morgan fingerprint density at radius 1 is 1.15 bits per heavy atom. The lowest BCUT2D eigenvalue weighted by Crippen LogP contribution is -2.28. The maximum atomic E-state index is 13.2. The van der Waals surface area contributed by atoms with Gasteiger partial charge in [0.1, 0.15) is 16.3 Å². The van der Waals surface area contributed by atoms with E-state index in [1.807, 2.05) is 40.3 Å². The van der Waals surface area contributed by atoms with Crippen LogP contribution in [0.15, 0.2) is 66.2 Å². The van der Waals surface area contributed by atoms with Crippen molar-refractivity contribution in [3.05, 3.63) is 88.9 Å². The molecule has 0 unspecified atom stereocenters. The molecule has 0 atom stereocenters. The highest BCUT2D eigenvalue weighted by Crippen LogP contribution is 2.26. The van der Waals surface area contributed by atoms with Gasteiger partial charge in [0, 0.05) is 36.8 Å². The zero-order chi connectivity index (χ0) is 18.6. The zero-order valence-electron chi connectivity index (χ0n) is 14.6. The van der Waals surface area contributed by atoms with E-state index in [0.29, 0.717) is 25.2 Å². The van der Waals surface area contributed by atoms with Crippen molar-refractivity contribution in [3.8, 4) is 0 Å². The number of hydrogen-bond acceptors (Lipinski definition) is 3. The second kappa shape index (κ2) is 7.72. The molecule has 0 aliphatic heterocycles. The van der Waals surface area contributed by atoms with Crippen molar-refractivity contribution < 1.29 is 9.18 Å². The van der Waals surface area contributed by atoms with E-state index in [0.717, 1.165) is 21.5 Å². The van der Waals surface area contributed by atoms with Gasteiger partial charge in [-0.3, -0.25) is 9.78 Å². The summed E-state index contributed by atoms with van der Waals surface area (Å²) in [6.07, 6.45) is 2.43. The average Bonchev–Trinajstić information content (AvgIpc) is 3.27. The van der Waals surface area contributed by atoms with Gasteiger partial charge in [0.25, 0.3) is 5.91 Å². The zero-order valence-corrected chi connectivity index (χ0v) is 15.4. The fourth-order valence-electron chi connectivity index (χ4n) is 3.03. The number of rotatable bonds is 6. The minimum atomic E-state index is -0.264. The number of fused-ring (bicyclic) bond motifs is 1. The molecular weight excluding hydrogens is 361 g/mol. The first-order valence-electron chi connectivity index (χ1n) is 8.70. The SMILES string of the molecule is O=C(NCCc1ccccn1)c1cc2ccsc2n1Cc1ccc(F)cc1. The minimum absolute atomic E-state index is 0.114. The number of carbonyl (C=O) groups is 1. The Bertz CT molecular complexity index is 1050. The molecule has 27 heavy (non-hydrogen) atoms. The van der Waals surface area contributed by atoms with Gasteiger partial charge in [0.2, 0.25) is 0 Å². The van der Waals surface area contributed by atoms with Gasteiger partial charge >= 0.3 is 0 Å². The first kappa shape index (κ1) is 17.4. The van der Waals surface area contributed by atoms with Crippen molar-refractivity contribution in [2.45, 2.75) is 13.0 Å². The molecule has 4 nitrogen and oxygen atoms in total. The molecule has 1 N–H and O–H groups in total. The second-order valence-electron chi connectivity index (χ2n) is 6.25. The van der Waals surface area contributed by atoms with E-state index in [-0.39, 0.29) is 11.7 Å². The normalized spacial score (nSPS) is 11.0. The molecule has 4 aromatic rings. The molecule has 0 radical (unpaired) electrons. The van der Waals surface area contributed by atoms with Gasteiger partial charge in [-0.1, -0.05) is 18.2 Å². The Balaban J connectivity index is 1.52. The fourth-order valence-corrected chi connectivity index (χ4v) is 3.93. The predicted octanol–water partition coefficient (Wildman–Crippen LogP) is 4.26. The number of amides is 1. The van der Waals surface area contributed by atoms with Crippen molar-refractivity contribution in [3.63, 3.8) is 0 Å². The number of thiophene rings is 1. The summed E-state index contributed by atoms with van der Waals surface area (Å²) >= 11 is 1.59. The first-order valence-corrected chi connectivity index (χ1v) is 9.58. The maximum Gasteiger partial charge on any atom is 0.267 e. The number of aromatic nitrogens is 2. The highest BCUT2D eigenvalue weighted by Gasteiger charge is 2.16. The summed E-state index contributed by atoms with van der Waals surface area (Å²) in [6, 6.07) is 16.0. The molecule has 3 aromatic heterocycles. The number of pyridine rings is 1. The van der Waals surface area contributed by atoms with Crippen molar-refractivity contribution in [2.75, 3.05) is 6.54 Å². The number of nitrogens with zero attached hydrogens (tertiary/aromatic N) is 2. The number of benzene rings is 1. The molecule has 0 bridgehead atoms. The van der Waals surface area contributed by atoms with Gasteiger partial charge in [0.15, 0.2) is 0 Å². The number of hydrogen-bond donors (Lipinski definition) is 1. The maximum absolute atomic E-state index is 13.2. The van der Waals surface area contributed by atoms with Gasteiger partial charge in [-0.2, -0.15) is 0 Å². The molecule has 1 amide bonds. The van der Waals surface area contributed by atoms with E-state index in [9.17, 15) is 9.18 Å². The Morgan fingerprint density at radius 2 is 2.00 bits per heavy atom. The van der Waals surface area contributed by atoms with Crippen molar-refractivity contribution in [1.29, 1.82) is 0 Å². The van der Waals surface area contributed by atoms with Crippen LogP contribution in [0.4, 0.5) is 4.39 Å². The van der Waals surface area contributed by atoms with Gasteiger partial charge < -0.3 is 9.88 Å². The van der Waals surface area contributed by atoms with E-state index in [4.69, 9.17) is 0 Å². The van der Waals surface area contributed by atoms with Crippen molar-refractivity contribution in [2.24, 2.45) is 0 Å². The van der Waals surface area contributed by atoms with E-state index in [2.05, 4.69) is 10.3 Å². The van der Waals surface area contributed by atoms with Gasteiger partial charge in [-0.25, -0.2) is 4.39 Å². The van der Waals surface area contributed by atoms with Crippen molar-refractivity contribution in [1.82, 2.24) is 14.9 Å². The summed E-state index contributed by atoms with van der Waals surface area (Å²) in [7, 11) is 0. The summed E-state index contributed by atoms with van der Waals surface area (Å²) in [5.41, 5.74) is 2.51. The molecule has 136 valence electrons. The standard InChI is InChI=1S/C21H18FN3OS/c22-17-6-4-15(5-7-17)14-25-19(13-16-9-12-27-21(16)25)20(26)24-11-8-18-3-1-2-10-23-18/h1-7,9-10,12-13H,8,11,14H2,(H,24,26). The van der Waals surface area contributed by atoms with Gasteiger partial charge in [-0.15, -0.1) is 11.3 Å². The summed E-state index contributed by atoms with van der Waals surface area (Å²) in [5.74, 6) is -0.378. The predicted molar refractivity (Wildman–Crippen MR) is 106 cm³/mol. The van der Waals surface area contributed by atoms with Gasteiger partial charge in [0.05, 0.1) is 0 Å². The fraction of sp³-hybridized carbons (Fsp3) is 0.143. The molecule has 0 saturated heterocycles.